The van der Waals surface area contributed by atoms with E-state index in [0.29, 0.717) is 0 Å². The topological polar surface area (TPSA) is 37.8 Å². The number of rotatable bonds is 3. The zero-order chi connectivity index (χ0) is 9.80. The van der Waals surface area contributed by atoms with Crippen LogP contribution in [-0.4, -0.2) is 17.0 Å². The van der Waals surface area contributed by atoms with Gasteiger partial charge in [-0.2, -0.15) is 0 Å². The van der Waals surface area contributed by atoms with Crippen molar-refractivity contribution in [1.29, 1.82) is 0 Å². The van der Waals surface area contributed by atoms with Gasteiger partial charge >= 0.3 is 0 Å². The van der Waals surface area contributed by atoms with Gasteiger partial charge in [-0.3, -0.25) is 9.97 Å². The summed E-state index contributed by atoms with van der Waals surface area (Å²) in [6.45, 7) is 0.908. The third-order valence-corrected chi connectivity index (χ3v) is 2.80. The summed E-state index contributed by atoms with van der Waals surface area (Å²) in [5, 5.41) is 5.23. The van der Waals surface area contributed by atoms with Crippen molar-refractivity contribution in [3.63, 3.8) is 0 Å². The van der Waals surface area contributed by atoms with Gasteiger partial charge in [0.25, 0.3) is 0 Å². The molecule has 0 spiro atoms. The largest absolute Gasteiger partial charge is 0.315 e. The lowest BCUT2D eigenvalue weighted by Gasteiger charge is -1.94. The van der Waals surface area contributed by atoms with Gasteiger partial charge in [0, 0.05) is 34.8 Å². The van der Waals surface area contributed by atoms with E-state index in [1.54, 1.807) is 29.9 Å². The Morgan fingerprint density at radius 1 is 1.43 bits per heavy atom. The van der Waals surface area contributed by atoms with Gasteiger partial charge in [-0.25, -0.2) is 0 Å². The van der Waals surface area contributed by atoms with E-state index in [0.717, 1.165) is 17.8 Å². The summed E-state index contributed by atoms with van der Waals surface area (Å²) in [6, 6.07) is 2.14. The number of hydrogen-bond acceptors (Lipinski definition) is 4. The second-order valence-corrected chi connectivity index (χ2v) is 3.92. The normalized spacial score (nSPS) is 10.4. The third-order valence-electron chi connectivity index (χ3n) is 1.86. The SMILES string of the molecule is CNCc1cc(-c2cnccn2)cs1. The molecule has 2 aromatic rings. The smallest absolute Gasteiger partial charge is 0.0893 e. The zero-order valence-electron chi connectivity index (χ0n) is 7.90. The molecule has 0 atom stereocenters. The highest BCUT2D eigenvalue weighted by Crippen LogP contribution is 2.22. The van der Waals surface area contributed by atoms with Crippen molar-refractivity contribution in [3.05, 3.63) is 34.9 Å². The molecule has 72 valence electrons. The molecule has 0 aliphatic rings. The van der Waals surface area contributed by atoms with Crippen molar-refractivity contribution in [1.82, 2.24) is 15.3 Å². The van der Waals surface area contributed by atoms with Gasteiger partial charge in [0.2, 0.25) is 0 Å². The standard InChI is InChI=1S/C10H11N3S/c1-11-5-9-4-8(7-14-9)10-6-12-2-3-13-10/h2-4,6-7,11H,5H2,1H3. The van der Waals surface area contributed by atoms with E-state index in [4.69, 9.17) is 0 Å². The Hall–Kier alpha value is -1.26. The first-order chi connectivity index (χ1) is 6.90. The van der Waals surface area contributed by atoms with E-state index >= 15 is 0 Å². The van der Waals surface area contributed by atoms with Crippen molar-refractivity contribution in [3.8, 4) is 11.3 Å². The molecule has 0 amide bonds. The van der Waals surface area contributed by atoms with Crippen LogP contribution in [0.3, 0.4) is 0 Å². The van der Waals surface area contributed by atoms with E-state index < -0.39 is 0 Å². The first-order valence-electron chi connectivity index (χ1n) is 4.38. The summed E-state index contributed by atoms with van der Waals surface area (Å²) < 4.78 is 0. The van der Waals surface area contributed by atoms with Gasteiger partial charge in [0.1, 0.15) is 0 Å². The van der Waals surface area contributed by atoms with Crippen molar-refractivity contribution < 1.29 is 0 Å². The highest BCUT2D eigenvalue weighted by atomic mass is 32.1. The minimum absolute atomic E-state index is 0.908. The summed E-state index contributed by atoms with van der Waals surface area (Å²) in [4.78, 5) is 9.60. The molecule has 0 saturated heterocycles. The van der Waals surface area contributed by atoms with E-state index in [1.807, 2.05) is 7.05 Å². The molecular formula is C10H11N3S. The second-order valence-electron chi connectivity index (χ2n) is 2.92. The molecular weight excluding hydrogens is 194 g/mol. The second kappa shape index (κ2) is 4.30. The fraction of sp³-hybridized carbons (Fsp3) is 0.200. The summed E-state index contributed by atoms with van der Waals surface area (Å²) in [7, 11) is 1.95. The van der Waals surface area contributed by atoms with Crippen LogP contribution in [0, 0.1) is 0 Å². The number of nitrogens with one attached hydrogen (secondary N) is 1. The van der Waals surface area contributed by atoms with Crippen LogP contribution in [0.5, 0.6) is 0 Å². The molecule has 0 unspecified atom stereocenters. The molecule has 0 aliphatic carbocycles. The van der Waals surface area contributed by atoms with Crippen LogP contribution in [0.1, 0.15) is 4.88 Å². The van der Waals surface area contributed by atoms with Gasteiger partial charge in [-0.1, -0.05) is 0 Å². The Labute approximate surface area is 86.8 Å². The van der Waals surface area contributed by atoms with Crippen LogP contribution in [-0.2, 0) is 6.54 Å². The maximum Gasteiger partial charge on any atom is 0.0893 e. The number of nitrogens with zero attached hydrogens (tertiary/aromatic N) is 2. The van der Waals surface area contributed by atoms with Crippen LogP contribution in [0.25, 0.3) is 11.3 Å². The Kier molecular flexibility index (Phi) is 2.86. The predicted octanol–water partition coefficient (Wildman–Crippen LogP) is 1.92. The van der Waals surface area contributed by atoms with E-state index in [-0.39, 0.29) is 0 Å². The van der Waals surface area contributed by atoms with Crippen LogP contribution in [0.4, 0.5) is 0 Å². The van der Waals surface area contributed by atoms with Crippen LogP contribution < -0.4 is 5.32 Å². The third kappa shape index (κ3) is 1.97. The fourth-order valence-corrected chi connectivity index (χ4v) is 2.12. The molecule has 0 fully saturated rings. The zero-order valence-corrected chi connectivity index (χ0v) is 8.71. The molecule has 3 nitrogen and oxygen atoms in total. The van der Waals surface area contributed by atoms with Gasteiger partial charge in [0.15, 0.2) is 0 Å². The Morgan fingerprint density at radius 2 is 2.36 bits per heavy atom. The Balaban J connectivity index is 2.25. The molecule has 2 rings (SSSR count). The summed E-state index contributed by atoms with van der Waals surface area (Å²) >= 11 is 1.74. The summed E-state index contributed by atoms with van der Waals surface area (Å²) in [5.41, 5.74) is 2.08. The minimum atomic E-state index is 0.908. The first-order valence-corrected chi connectivity index (χ1v) is 5.26. The van der Waals surface area contributed by atoms with Crippen molar-refractivity contribution >= 4 is 11.3 Å². The van der Waals surface area contributed by atoms with E-state index in [1.165, 1.54) is 4.88 Å². The highest BCUT2D eigenvalue weighted by molar-refractivity contribution is 7.10. The molecule has 2 aromatic heterocycles. The average Bonchev–Trinajstić information content (AvgIpc) is 2.68. The van der Waals surface area contributed by atoms with Crippen molar-refractivity contribution in [2.24, 2.45) is 0 Å². The van der Waals surface area contributed by atoms with Gasteiger partial charge in [0.05, 0.1) is 11.9 Å². The van der Waals surface area contributed by atoms with Crippen LogP contribution in [0.15, 0.2) is 30.0 Å². The molecule has 4 heteroatoms. The lowest BCUT2D eigenvalue weighted by molar-refractivity contribution is 0.831. The first kappa shape index (κ1) is 9.30. The monoisotopic (exact) mass is 205 g/mol. The summed E-state index contributed by atoms with van der Waals surface area (Å²) in [6.07, 6.45) is 5.18. The van der Waals surface area contributed by atoms with E-state index in [9.17, 15) is 0 Å². The molecule has 2 heterocycles. The number of hydrogen-bond donors (Lipinski definition) is 1. The molecule has 0 bridgehead atoms. The van der Waals surface area contributed by atoms with Crippen LogP contribution >= 0.6 is 11.3 Å². The number of thiophene rings is 1. The van der Waals surface area contributed by atoms with Crippen molar-refractivity contribution in [2.75, 3.05) is 7.05 Å². The lowest BCUT2D eigenvalue weighted by Crippen LogP contribution is -2.02. The maximum atomic E-state index is 4.25. The molecule has 0 aromatic carbocycles. The average molecular weight is 205 g/mol. The van der Waals surface area contributed by atoms with Gasteiger partial charge < -0.3 is 5.32 Å². The highest BCUT2D eigenvalue weighted by Gasteiger charge is 2.02. The van der Waals surface area contributed by atoms with Crippen LogP contribution in [0.2, 0.25) is 0 Å². The Bertz CT molecular complexity index is 397. The minimum Gasteiger partial charge on any atom is -0.315 e. The van der Waals surface area contributed by atoms with Gasteiger partial charge in [-0.05, 0) is 13.1 Å². The maximum absolute atomic E-state index is 4.25. The van der Waals surface area contributed by atoms with E-state index in [2.05, 4.69) is 26.7 Å². The quantitative estimate of drug-likeness (QED) is 0.832. The number of aromatic nitrogens is 2. The van der Waals surface area contributed by atoms with Gasteiger partial charge in [-0.15, -0.1) is 11.3 Å². The molecule has 0 radical (unpaired) electrons. The molecule has 1 N–H and O–H groups in total. The predicted molar refractivity (Wildman–Crippen MR) is 58.1 cm³/mol. The summed E-state index contributed by atoms with van der Waals surface area (Å²) in [5.74, 6) is 0. The molecule has 14 heavy (non-hydrogen) atoms. The van der Waals surface area contributed by atoms with Crippen molar-refractivity contribution in [2.45, 2.75) is 6.54 Å². The lowest BCUT2D eigenvalue weighted by atomic mass is 10.2. The molecule has 0 saturated carbocycles. The molecule has 0 aliphatic heterocycles. The Morgan fingerprint density at radius 3 is 3.07 bits per heavy atom. The fourth-order valence-electron chi connectivity index (χ4n) is 1.23.